The monoisotopic (exact) mass is 1160 g/mol. The van der Waals surface area contributed by atoms with Gasteiger partial charge in [-0.05, 0) is 35.9 Å². The number of hydrogen-bond acceptors (Lipinski definition) is 4. The molecule has 0 aliphatic carbocycles. The van der Waals surface area contributed by atoms with Crippen LogP contribution in [0.5, 0.6) is 0 Å². The molecule has 0 atom stereocenters. The number of esters is 1. The molecule has 0 N–H and O–H groups in total. The van der Waals surface area contributed by atoms with Gasteiger partial charge in [-0.25, -0.2) is 4.79 Å². The second-order valence-electron chi connectivity index (χ2n) is 16.5. The Balaban J connectivity index is 0.000000433. The molecule has 0 aliphatic rings. The quantitative estimate of drug-likeness (QED) is 0.0200. The first-order valence-corrected chi connectivity index (χ1v) is 21.1. The molecule has 6 rings (SSSR count). The number of ketones is 1. The van der Waals surface area contributed by atoms with Crippen LogP contribution in [0.2, 0.25) is 0 Å². The molecule has 1 aromatic heterocycles. The normalized spacial score (nSPS) is 13.0. The SMILES string of the molecule is FC(F)(F)c1cc([B-](c2cc(C(F)(F)F)cc(C(F)(F)F)c2)(c2cc(C(F)(F)F)cc(C(F)(F)F)c2)c2cc(C(F)(F)F)cc(C(F)(F)F)c2)cc(C(F)(F)F)c1.[N-]=[N+]=NCOC(=O)c1cccc[n+]1CC(=O)c1ccccc1. The van der Waals surface area contributed by atoms with E-state index in [1.54, 1.807) is 42.6 Å². The molecule has 32 heteroatoms. The highest BCUT2D eigenvalue weighted by Gasteiger charge is 2.47. The first-order valence-electron chi connectivity index (χ1n) is 21.1. The summed E-state index contributed by atoms with van der Waals surface area (Å²) in [6.07, 6.45) is -53.2. The minimum atomic E-state index is -6.13. The molecule has 5 aromatic carbocycles. The van der Waals surface area contributed by atoms with E-state index in [-0.39, 0.29) is 18.0 Å². The van der Waals surface area contributed by atoms with Crippen LogP contribution in [0.3, 0.4) is 0 Å². The van der Waals surface area contributed by atoms with Crippen LogP contribution >= 0.6 is 0 Å². The van der Waals surface area contributed by atoms with E-state index in [1.165, 1.54) is 10.6 Å². The van der Waals surface area contributed by atoms with Crippen molar-refractivity contribution in [3.8, 4) is 0 Å². The Morgan fingerprint density at radius 2 is 0.709 bits per heavy atom. The van der Waals surface area contributed by atoms with E-state index in [4.69, 9.17) is 10.3 Å². The standard InChI is InChI=1S/C32H12BF24.C15H13N4O3/c34-25(35,36)13-1-14(26(37,38)39)6-21(5-13)33(22-7-15(27(40,41)42)2-16(8-22)28(43,44)45,23-9-17(29(46,47)48)3-18(10-23)30(49,50)51)24-11-19(31(52,53)54)4-20(12-24)32(55,56)57;16-18-17-11-22-15(21)13-8-4-5-9-19(13)10-14(20)12-6-2-1-3-7-12/h1-12H;1-9H,10-11H2/q-1;+1. The van der Waals surface area contributed by atoms with Crippen molar-refractivity contribution >= 4 is 39.7 Å². The highest BCUT2D eigenvalue weighted by molar-refractivity contribution is 7.20. The molecule has 0 aliphatic heterocycles. The van der Waals surface area contributed by atoms with Crippen molar-refractivity contribution in [3.05, 3.63) is 194 Å². The number of azide groups is 1. The number of aromatic nitrogens is 1. The Morgan fingerprint density at radius 3 is 0.975 bits per heavy atom. The number of rotatable bonds is 10. The molecule has 0 unspecified atom stereocenters. The number of pyridine rings is 1. The van der Waals surface area contributed by atoms with Crippen LogP contribution < -0.4 is 26.4 Å². The van der Waals surface area contributed by atoms with Crippen molar-refractivity contribution in [1.82, 2.24) is 0 Å². The minimum Gasteiger partial charge on any atom is -0.452 e. The van der Waals surface area contributed by atoms with Crippen LogP contribution in [0.1, 0.15) is 65.4 Å². The van der Waals surface area contributed by atoms with Crippen LogP contribution in [-0.4, -0.2) is 24.6 Å². The summed E-state index contributed by atoms with van der Waals surface area (Å²) in [6, 6.07) is 4.90. The maximum absolute atomic E-state index is 14.2. The van der Waals surface area contributed by atoms with Crippen molar-refractivity contribution < 1.29 is 124 Å². The number of halogens is 24. The lowest BCUT2D eigenvalue weighted by atomic mass is 9.12. The van der Waals surface area contributed by atoms with Crippen LogP contribution in [0.4, 0.5) is 105 Å². The van der Waals surface area contributed by atoms with E-state index in [0.29, 0.717) is 5.56 Å². The third-order valence-electron chi connectivity index (χ3n) is 11.3. The zero-order valence-corrected chi connectivity index (χ0v) is 38.2. The summed E-state index contributed by atoms with van der Waals surface area (Å²) in [5.74, 6) is -0.783. The Hall–Kier alpha value is -7.92. The van der Waals surface area contributed by atoms with Crippen molar-refractivity contribution in [1.29, 1.82) is 0 Å². The van der Waals surface area contributed by atoms with Gasteiger partial charge in [-0.2, -0.15) is 132 Å². The molecule has 0 spiro atoms. The first-order chi connectivity index (χ1) is 36.0. The smallest absolute Gasteiger partial charge is 0.416 e. The molecule has 6 aromatic rings. The number of nitrogens with zero attached hydrogens (tertiary/aromatic N) is 4. The second-order valence-corrected chi connectivity index (χ2v) is 16.5. The summed E-state index contributed by atoms with van der Waals surface area (Å²) in [6.45, 7) is -0.381. The van der Waals surface area contributed by atoms with E-state index in [9.17, 15) is 115 Å². The summed E-state index contributed by atoms with van der Waals surface area (Å²) in [4.78, 5) is 26.6. The molecular formula is C47H25BF24N4O3. The number of benzene rings is 5. The van der Waals surface area contributed by atoms with Crippen LogP contribution in [0.25, 0.3) is 10.4 Å². The number of carbonyl (C=O) groups is 2. The molecule has 1 heterocycles. The molecule has 422 valence electrons. The van der Waals surface area contributed by atoms with Gasteiger partial charge >= 0.3 is 55.4 Å². The molecule has 0 saturated carbocycles. The third kappa shape index (κ3) is 14.8. The lowest BCUT2D eigenvalue weighted by molar-refractivity contribution is -0.685. The summed E-state index contributed by atoms with van der Waals surface area (Å²) < 4.78 is 347. The number of ether oxygens (including phenoxy) is 1. The fourth-order valence-electron chi connectivity index (χ4n) is 7.93. The van der Waals surface area contributed by atoms with Gasteiger partial charge in [0.2, 0.25) is 12.3 Å². The van der Waals surface area contributed by atoms with E-state index in [0.717, 1.165) is 0 Å². The number of hydrogen-bond donors (Lipinski definition) is 0. The molecular weight excluding hydrogens is 1140 g/mol. The predicted molar refractivity (Wildman–Crippen MR) is 227 cm³/mol. The van der Waals surface area contributed by atoms with Gasteiger partial charge in [0, 0.05) is 22.6 Å². The molecule has 7 nitrogen and oxygen atoms in total. The lowest BCUT2D eigenvalue weighted by Crippen LogP contribution is -2.75. The Kier molecular flexibility index (Phi) is 17.3. The maximum atomic E-state index is 14.2. The van der Waals surface area contributed by atoms with E-state index < -0.39 is 207 Å². The van der Waals surface area contributed by atoms with Crippen LogP contribution in [0, 0.1) is 0 Å². The summed E-state index contributed by atoms with van der Waals surface area (Å²) >= 11 is 0. The van der Waals surface area contributed by atoms with E-state index in [2.05, 4.69) is 10.0 Å². The first kappa shape index (κ1) is 61.9. The van der Waals surface area contributed by atoms with Gasteiger partial charge in [-0.3, -0.25) is 4.79 Å². The van der Waals surface area contributed by atoms with Crippen LogP contribution in [-0.2, 0) is 60.7 Å². The fourth-order valence-corrected chi connectivity index (χ4v) is 7.93. The highest BCUT2D eigenvalue weighted by atomic mass is 19.4. The van der Waals surface area contributed by atoms with E-state index >= 15 is 0 Å². The van der Waals surface area contributed by atoms with Crippen molar-refractivity contribution in [3.63, 3.8) is 0 Å². The zero-order valence-electron chi connectivity index (χ0n) is 38.2. The zero-order chi connectivity index (χ0) is 59.7. The number of Topliss-reactive ketones (excluding diaryl/α,β-unsaturated/α-hetero) is 1. The van der Waals surface area contributed by atoms with E-state index in [1.807, 2.05) is 6.07 Å². The molecule has 0 fully saturated rings. The fraction of sp³-hybridized carbons (Fsp3) is 0.213. The van der Waals surface area contributed by atoms with Gasteiger partial charge in [0.25, 0.3) is 5.69 Å². The molecule has 0 radical (unpaired) electrons. The van der Waals surface area contributed by atoms with Gasteiger partial charge in [0.15, 0.2) is 12.9 Å². The van der Waals surface area contributed by atoms with Gasteiger partial charge in [0.05, 0.1) is 44.5 Å². The minimum absolute atomic E-state index is 0.0107. The number of alkyl halides is 24. The molecule has 0 bridgehead atoms. The Bertz CT molecular complexity index is 2820. The molecule has 79 heavy (non-hydrogen) atoms. The Morgan fingerprint density at radius 1 is 0.430 bits per heavy atom. The number of carbonyl (C=O) groups excluding carboxylic acids is 2. The average molecular weight is 1160 g/mol. The molecule has 0 amide bonds. The maximum Gasteiger partial charge on any atom is 0.416 e. The molecule has 0 saturated heterocycles. The predicted octanol–water partition coefficient (Wildman–Crippen LogP) is 13.5. The van der Waals surface area contributed by atoms with Crippen LogP contribution in [0.15, 0.2) is 133 Å². The van der Waals surface area contributed by atoms with Gasteiger partial charge in [-0.1, -0.05) is 84.0 Å². The van der Waals surface area contributed by atoms with Gasteiger partial charge in [-0.15, -0.1) is 0 Å². The van der Waals surface area contributed by atoms with Gasteiger partial charge in [0.1, 0.15) is 6.15 Å². The van der Waals surface area contributed by atoms with Crippen molar-refractivity contribution in [2.75, 3.05) is 6.73 Å². The Labute approximate surface area is 425 Å². The van der Waals surface area contributed by atoms with Crippen molar-refractivity contribution in [2.45, 2.75) is 56.0 Å². The summed E-state index contributed by atoms with van der Waals surface area (Å²) in [5, 5.41) is 3.14. The van der Waals surface area contributed by atoms with Gasteiger partial charge < -0.3 is 4.74 Å². The largest absolute Gasteiger partial charge is 0.452 e. The lowest BCUT2D eigenvalue weighted by Gasteiger charge is -2.46. The summed E-state index contributed by atoms with van der Waals surface area (Å²) in [7, 11) is 0. The van der Waals surface area contributed by atoms with Crippen molar-refractivity contribution in [2.24, 2.45) is 5.11 Å². The topological polar surface area (TPSA) is 96.0 Å². The summed E-state index contributed by atoms with van der Waals surface area (Å²) in [5.41, 5.74) is -21.3. The highest BCUT2D eigenvalue weighted by Crippen LogP contribution is 2.41. The second kappa shape index (κ2) is 22.1. The third-order valence-corrected chi connectivity index (χ3v) is 11.3. The average Bonchev–Trinajstić information content (AvgIpc) is 3.37.